The van der Waals surface area contributed by atoms with Crippen LogP contribution in [0.15, 0.2) is 22.7 Å². The van der Waals surface area contributed by atoms with Gasteiger partial charge >= 0.3 is 7.60 Å². The van der Waals surface area contributed by atoms with E-state index in [2.05, 4.69) is 15.9 Å². The van der Waals surface area contributed by atoms with Crippen molar-refractivity contribution in [2.75, 3.05) is 13.2 Å². The molecular weight excluding hydrogens is 303 g/mol. The van der Waals surface area contributed by atoms with Crippen LogP contribution in [-0.2, 0) is 20.0 Å². The zero-order chi connectivity index (χ0) is 12.9. The van der Waals surface area contributed by atoms with Gasteiger partial charge in [0, 0.05) is 4.47 Å². The second-order valence-electron chi connectivity index (χ2n) is 3.46. The van der Waals surface area contributed by atoms with Crippen molar-refractivity contribution < 1.29 is 13.6 Å². The van der Waals surface area contributed by atoms with Gasteiger partial charge in [0.15, 0.2) is 0 Å². The molecule has 0 radical (unpaired) electrons. The normalized spacial score (nSPS) is 11.8. The van der Waals surface area contributed by atoms with E-state index in [4.69, 9.17) is 9.05 Å². The molecule has 1 aromatic rings. The van der Waals surface area contributed by atoms with Crippen LogP contribution in [-0.4, -0.2) is 13.2 Å². The predicted molar refractivity (Wildman–Crippen MR) is 74.0 cm³/mol. The number of hydrogen-bond acceptors (Lipinski definition) is 3. The molecule has 1 rings (SSSR count). The summed E-state index contributed by atoms with van der Waals surface area (Å²) in [5.41, 5.74) is 0.990. The lowest BCUT2D eigenvalue weighted by atomic mass is 10.2. The van der Waals surface area contributed by atoms with E-state index in [0.717, 1.165) is 16.5 Å². The molecule has 0 atom stereocenters. The van der Waals surface area contributed by atoms with Gasteiger partial charge in [0.1, 0.15) is 0 Å². The maximum absolute atomic E-state index is 12.6. The van der Waals surface area contributed by atoms with Gasteiger partial charge in [-0.3, -0.25) is 4.57 Å². The SMILES string of the molecule is CCOP(=O)(OCC)c1ccc(Br)cc1CC. The lowest BCUT2D eigenvalue weighted by molar-refractivity contribution is 0.229. The van der Waals surface area contributed by atoms with Crippen molar-refractivity contribution in [3.8, 4) is 0 Å². The van der Waals surface area contributed by atoms with Crippen molar-refractivity contribution in [3.05, 3.63) is 28.2 Å². The first-order valence-corrected chi connectivity index (χ1v) is 8.09. The van der Waals surface area contributed by atoms with Crippen LogP contribution in [0.25, 0.3) is 0 Å². The third-order valence-corrected chi connectivity index (χ3v) is 5.03. The van der Waals surface area contributed by atoms with Gasteiger partial charge in [-0.05, 0) is 44.0 Å². The summed E-state index contributed by atoms with van der Waals surface area (Å²) in [6.07, 6.45) is 0.791. The highest BCUT2D eigenvalue weighted by Crippen LogP contribution is 2.47. The van der Waals surface area contributed by atoms with Gasteiger partial charge in [0.05, 0.1) is 18.5 Å². The van der Waals surface area contributed by atoms with E-state index >= 15 is 0 Å². The van der Waals surface area contributed by atoms with E-state index in [-0.39, 0.29) is 0 Å². The minimum Gasteiger partial charge on any atom is -0.305 e. The molecule has 1 aromatic carbocycles. The summed E-state index contributed by atoms with van der Waals surface area (Å²) in [7, 11) is -3.17. The zero-order valence-corrected chi connectivity index (χ0v) is 12.9. The van der Waals surface area contributed by atoms with Gasteiger partial charge in [0.25, 0.3) is 0 Å². The standard InChI is InChI=1S/C12H18BrO3P/c1-4-10-9-11(13)7-8-12(10)17(14,15-5-2)16-6-3/h7-9H,4-6H2,1-3H3. The Bertz CT molecular complexity index is 410. The molecule has 17 heavy (non-hydrogen) atoms. The maximum atomic E-state index is 12.6. The molecule has 0 bridgehead atoms. The van der Waals surface area contributed by atoms with Crippen molar-refractivity contribution >= 4 is 28.8 Å². The van der Waals surface area contributed by atoms with Crippen LogP contribution < -0.4 is 5.30 Å². The molecule has 96 valence electrons. The summed E-state index contributed by atoms with van der Waals surface area (Å²) < 4.78 is 24.3. The van der Waals surface area contributed by atoms with Crippen LogP contribution in [0.4, 0.5) is 0 Å². The Morgan fingerprint density at radius 1 is 1.18 bits per heavy atom. The summed E-state index contributed by atoms with van der Waals surface area (Å²) in [6.45, 7) is 6.40. The highest BCUT2D eigenvalue weighted by atomic mass is 79.9. The van der Waals surface area contributed by atoms with Crippen molar-refractivity contribution in [1.82, 2.24) is 0 Å². The fourth-order valence-electron chi connectivity index (χ4n) is 1.62. The summed E-state index contributed by atoms with van der Waals surface area (Å²) in [5, 5.41) is 0.673. The first kappa shape index (κ1) is 14.9. The quantitative estimate of drug-likeness (QED) is 0.746. The second-order valence-corrected chi connectivity index (χ2v) is 6.37. The summed E-state index contributed by atoms with van der Waals surface area (Å²) >= 11 is 3.41. The van der Waals surface area contributed by atoms with Gasteiger partial charge in [-0.15, -0.1) is 0 Å². The van der Waals surface area contributed by atoms with Crippen LogP contribution in [0.3, 0.4) is 0 Å². The summed E-state index contributed by atoms with van der Waals surface area (Å²) in [6, 6.07) is 5.63. The number of hydrogen-bond donors (Lipinski definition) is 0. The Kier molecular flexibility index (Phi) is 5.87. The van der Waals surface area contributed by atoms with Gasteiger partial charge < -0.3 is 9.05 Å². The van der Waals surface area contributed by atoms with Crippen molar-refractivity contribution in [1.29, 1.82) is 0 Å². The van der Waals surface area contributed by atoms with Gasteiger partial charge in [-0.1, -0.05) is 22.9 Å². The van der Waals surface area contributed by atoms with Crippen molar-refractivity contribution in [2.24, 2.45) is 0 Å². The number of halogens is 1. The van der Waals surface area contributed by atoms with Crippen molar-refractivity contribution in [2.45, 2.75) is 27.2 Å². The number of rotatable bonds is 6. The zero-order valence-electron chi connectivity index (χ0n) is 10.4. The van der Waals surface area contributed by atoms with E-state index in [9.17, 15) is 4.57 Å². The van der Waals surface area contributed by atoms with Crippen LogP contribution in [0.1, 0.15) is 26.3 Å². The Balaban J connectivity index is 3.22. The third kappa shape index (κ3) is 3.65. The van der Waals surface area contributed by atoms with E-state index < -0.39 is 7.60 Å². The van der Waals surface area contributed by atoms with E-state index in [1.165, 1.54) is 0 Å². The lowest BCUT2D eigenvalue weighted by Gasteiger charge is -2.19. The van der Waals surface area contributed by atoms with E-state index in [1.807, 2.05) is 39.0 Å². The molecule has 0 saturated heterocycles. The van der Waals surface area contributed by atoms with Crippen LogP contribution in [0, 0.1) is 0 Å². The summed E-state index contributed by atoms with van der Waals surface area (Å²) in [5.74, 6) is 0. The molecule has 0 saturated carbocycles. The Labute approximate surface area is 111 Å². The fraction of sp³-hybridized carbons (Fsp3) is 0.500. The molecule has 0 N–H and O–H groups in total. The Hall–Kier alpha value is -0.150. The third-order valence-electron chi connectivity index (χ3n) is 2.32. The first-order chi connectivity index (χ1) is 8.07. The van der Waals surface area contributed by atoms with Gasteiger partial charge in [-0.2, -0.15) is 0 Å². The molecule has 0 amide bonds. The van der Waals surface area contributed by atoms with Gasteiger partial charge in [0.2, 0.25) is 0 Å². The predicted octanol–water partition coefficient (Wildman–Crippen LogP) is 3.90. The highest BCUT2D eigenvalue weighted by Gasteiger charge is 2.28. The van der Waals surface area contributed by atoms with Crippen LogP contribution in [0.5, 0.6) is 0 Å². The molecule has 0 fully saturated rings. The van der Waals surface area contributed by atoms with E-state index in [1.54, 1.807) is 0 Å². The average Bonchev–Trinajstić information content (AvgIpc) is 2.29. The summed E-state index contributed by atoms with van der Waals surface area (Å²) in [4.78, 5) is 0. The molecule has 0 aliphatic heterocycles. The molecular formula is C12H18BrO3P. The minimum atomic E-state index is -3.17. The first-order valence-electron chi connectivity index (χ1n) is 5.75. The molecule has 0 aliphatic rings. The smallest absolute Gasteiger partial charge is 0.305 e. The van der Waals surface area contributed by atoms with Gasteiger partial charge in [-0.25, -0.2) is 0 Å². The van der Waals surface area contributed by atoms with E-state index in [0.29, 0.717) is 18.5 Å². The van der Waals surface area contributed by atoms with Crippen LogP contribution in [0.2, 0.25) is 0 Å². The topological polar surface area (TPSA) is 35.5 Å². The maximum Gasteiger partial charge on any atom is 0.361 e. The molecule has 0 aliphatic carbocycles. The highest BCUT2D eigenvalue weighted by molar-refractivity contribution is 9.10. The minimum absolute atomic E-state index is 0.372. The molecule has 0 spiro atoms. The fourth-order valence-corrected chi connectivity index (χ4v) is 3.89. The average molecular weight is 321 g/mol. The number of benzene rings is 1. The molecule has 0 heterocycles. The monoisotopic (exact) mass is 320 g/mol. The van der Waals surface area contributed by atoms with Crippen molar-refractivity contribution in [3.63, 3.8) is 0 Å². The molecule has 0 aromatic heterocycles. The second kappa shape index (κ2) is 6.69. The molecule has 0 unspecified atom stereocenters. The number of aryl methyl sites for hydroxylation is 1. The molecule has 5 heteroatoms. The largest absolute Gasteiger partial charge is 0.361 e. The van der Waals surface area contributed by atoms with Crippen LogP contribution >= 0.6 is 23.5 Å². The molecule has 3 nitrogen and oxygen atoms in total. The lowest BCUT2D eigenvalue weighted by Crippen LogP contribution is -2.15. The Morgan fingerprint density at radius 3 is 2.24 bits per heavy atom. The Morgan fingerprint density at radius 2 is 1.76 bits per heavy atom.